The third-order valence-electron chi connectivity index (χ3n) is 0.451. The lowest BCUT2D eigenvalue weighted by Gasteiger charge is -1.85. The van der Waals surface area contributed by atoms with Crippen LogP contribution in [0, 0.1) is 0 Å². The van der Waals surface area contributed by atoms with Crippen LogP contribution in [0.5, 0.6) is 0 Å². The first-order valence-corrected chi connectivity index (χ1v) is 1.91. The fraction of sp³-hybridized carbons (Fsp3) is 0.500. The van der Waals surface area contributed by atoms with Crippen LogP contribution in [0.2, 0.25) is 0 Å². The fourth-order valence-corrected chi connectivity index (χ4v) is 0.175. The van der Waals surface area contributed by atoms with Crippen molar-refractivity contribution in [3.63, 3.8) is 0 Å². The lowest BCUT2D eigenvalue weighted by atomic mass is 10.3. The quantitative estimate of drug-likeness (QED) is 0.545. The van der Waals surface area contributed by atoms with Gasteiger partial charge >= 0.3 is 11.9 Å². The van der Waals surface area contributed by atoms with Gasteiger partial charge in [0.2, 0.25) is 0 Å². The molecule has 0 radical (unpaired) electrons. The molecule has 8 heavy (non-hydrogen) atoms. The summed E-state index contributed by atoms with van der Waals surface area (Å²) in [6.07, 6.45) is -2.18. The van der Waals surface area contributed by atoms with Crippen molar-refractivity contribution in [3.05, 3.63) is 0 Å². The van der Waals surface area contributed by atoms with E-state index in [1.165, 1.54) is 0 Å². The van der Waals surface area contributed by atoms with Gasteiger partial charge < -0.3 is 10.2 Å². The van der Waals surface area contributed by atoms with E-state index >= 15 is 0 Å². The standard InChI is InChI=1S/C4H6O4/c5-3(6)1-2-4(7)8/h1-2H2,(H,5,6)(H,7,8)/i1D. The topological polar surface area (TPSA) is 74.6 Å². The monoisotopic (exact) mass is 119 g/mol. The van der Waals surface area contributed by atoms with Crippen molar-refractivity contribution in [1.82, 2.24) is 0 Å². The first kappa shape index (κ1) is 5.08. The van der Waals surface area contributed by atoms with Crippen LogP contribution in [-0.2, 0) is 9.59 Å². The van der Waals surface area contributed by atoms with Crippen LogP contribution < -0.4 is 0 Å². The number of rotatable bonds is 3. The maximum atomic E-state index is 9.78. The summed E-state index contributed by atoms with van der Waals surface area (Å²) in [6.45, 7) is 0. The maximum Gasteiger partial charge on any atom is 0.303 e. The highest BCUT2D eigenvalue weighted by molar-refractivity contribution is 5.75. The molecule has 0 bridgehead atoms. The van der Waals surface area contributed by atoms with Crippen LogP contribution in [0.15, 0.2) is 0 Å². The van der Waals surface area contributed by atoms with E-state index in [1.807, 2.05) is 0 Å². The Kier molecular flexibility index (Phi) is 1.91. The van der Waals surface area contributed by atoms with Crippen LogP contribution in [0.1, 0.15) is 14.2 Å². The van der Waals surface area contributed by atoms with Crippen molar-refractivity contribution in [3.8, 4) is 0 Å². The highest BCUT2D eigenvalue weighted by Crippen LogP contribution is 1.85. The van der Waals surface area contributed by atoms with Crippen LogP contribution in [-0.4, -0.2) is 22.2 Å². The number of hydrogen-bond donors (Lipinski definition) is 2. The summed E-state index contributed by atoms with van der Waals surface area (Å²) in [7, 11) is 0. The Bertz CT molecular complexity index is 133. The second kappa shape index (κ2) is 3.01. The number of carboxylic acid groups (broad SMARTS) is 2. The van der Waals surface area contributed by atoms with Gasteiger partial charge in [-0.25, -0.2) is 0 Å². The van der Waals surface area contributed by atoms with Gasteiger partial charge in [-0.3, -0.25) is 9.59 Å². The molecule has 4 heteroatoms. The minimum atomic E-state index is -1.54. The molecule has 1 atom stereocenters. The highest BCUT2D eigenvalue weighted by Gasteiger charge is 2.00. The molecule has 0 aliphatic carbocycles. The summed E-state index contributed by atoms with van der Waals surface area (Å²) in [6, 6.07) is 0. The van der Waals surface area contributed by atoms with Gasteiger partial charge in [-0.2, -0.15) is 0 Å². The summed E-state index contributed by atoms with van der Waals surface area (Å²) in [4.78, 5) is 19.5. The molecule has 0 amide bonds. The molecule has 1 unspecified atom stereocenters. The molecule has 0 spiro atoms. The number of hydrogen-bond acceptors (Lipinski definition) is 2. The number of carboxylic acids is 2. The zero-order chi connectivity index (χ0) is 7.44. The minimum Gasteiger partial charge on any atom is -0.481 e. The molecule has 0 aromatic carbocycles. The third-order valence-corrected chi connectivity index (χ3v) is 0.451. The van der Waals surface area contributed by atoms with E-state index in [0.29, 0.717) is 0 Å². The van der Waals surface area contributed by atoms with Crippen molar-refractivity contribution in [2.24, 2.45) is 0 Å². The highest BCUT2D eigenvalue weighted by atomic mass is 16.4. The zero-order valence-electron chi connectivity index (χ0n) is 5.00. The van der Waals surface area contributed by atoms with Gasteiger partial charge in [0.05, 0.1) is 12.8 Å². The summed E-state index contributed by atoms with van der Waals surface area (Å²) < 4.78 is 6.58. The van der Waals surface area contributed by atoms with Gasteiger partial charge in [-0.05, 0) is 0 Å². The summed E-state index contributed by atoms with van der Waals surface area (Å²) >= 11 is 0. The molecule has 0 aromatic rings. The summed E-state index contributed by atoms with van der Waals surface area (Å²) in [5.74, 6) is -2.67. The van der Waals surface area contributed by atoms with Crippen molar-refractivity contribution in [2.75, 3.05) is 0 Å². The second-order valence-corrected chi connectivity index (χ2v) is 1.14. The van der Waals surface area contributed by atoms with E-state index in [2.05, 4.69) is 0 Å². The first-order valence-electron chi connectivity index (χ1n) is 2.48. The maximum absolute atomic E-state index is 9.78. The lowest BCUT2D eigenvalue weighted by Crippen LogP contribution is -2.00. The van der Waals surface area contributed by atoms with E-state index in [4.69, 9.17) is 11.6 Å². The SMILES string of the molecule is [2H]C(CC(=O)O)C(=O)O. The molecule has 0 aliphatic heterocycles. The molecule has 46 valence electrons. The molecule has 0 aromatic heterocycles. The van der Waals surface area contributed by atoms with Gasteiger partial charge in [-0.15, -0.1) is 0 Å². The Morgan fingerprint density at radius 3 is 2.00 bits per heavy atom. The minimum absolute atomic E-state index is 0.644. The first-order chi connectivity index (χ1) is 4.04. The summed E-state index contributed by atoms with van der Waals surface area (Å²) in [5, 5.41) is 15.9. The molecule has 4 nitrogen and oxygen atoms in total. The van der Waals surface area contributed by atoms with E-state index < -0.39 is 24.8 Å². The molecular weight excluding hydrogens is 112 g/mol. The Balaban J connectivity index is 3.63. The van der Waals surface area contributed by atoms with Gasteiger partial charge in [0.25, 0.3) is 0 Å². The van der Waals surface area contributed by atoms with Gasteiger partial charge in [-0.1, -0.05) is 0 Å². The van der Waals surface area contributed by atoms with E-state index in [0.717, 1.165) is 0 Å². The van der Waals surface area contributed by atoms with E-state index in [-0.39, 0.29) is 0 Å². The fourth-order valence-electron chi connectivity index (χ4n) is 0.175. The molecular formula is C4H6O4. The normalized spacial score (nSPS) is 14.2. The average Bonchev–Trinajstić information content (AvgIpc) is 1.63. The van der Waals surface area contributed by atoms with Crippen LogP contribution in [0.25, 0.3) is 0 Å². The van der Waals surface area contributed by atoms with Gasteiger partial charge in [0.15, 0.2) is 0 Å². The summed E-state index contributed by atoms with van der Waals surface area (Å²) in [5.41, 5.74) is 0. The second-order valence-electron chi connectivity index (χ2n) is 1.14. The molecule has 0 heterocycles. The van der Waals surface area contributed by atoms with Gasteiger partial charge in [0.1, 0.15) is 0 Å². The number of aliphatic carboxylic acids is 2. The predicted octanol–water partition coefficient (Wildman–Crippen LogP) is -0.0642. The number of carbonyl (C=O) groups is 2. The Labute approximate surface area is 47.2 Å². The molecule has 2 N–H and O–H groups in total. The molecule has 0 saturated carbocycles. The van der Waals surface area contributed by atoms with Crippen LogP contribution in [0.4, 0.5) is 0 Å². The predicted molar refractivity (Wildman–Crippen MR) is 24.5 cm³/mol. The van der Waals surface area contributed by atoms with Crippen LogP contribution in [0.3, 0.4) is 0 Å². The Hall–Kier alpha value is -1.06. The van der Waals surface area contributed by atoms with Gasteiger partial charge in [0, 0.05) is 1.37 Å². The smallest absolute Gasteiger partial charge is 0.303 e. The van der Waals surface area contributed by atoms with Crippen molar-refractivity contribution in [2.45, 2.75) is 12.8 Å². The molecule has 0 aliphatic rings. The average molecular weight is 119 g/mol. The Morgan fingerprint density at radius 1 is 1.38 bits per heavy atom. The van der Waals surface area contributed by atoms with Crippen molar-refractivity contribution < 1.29 is 21.2 Å². The lowest BCUT2D eigenvalue weighted by molar-refractivity contribution is -0.143. The van der Waals surface area contributed by atoms with Crippen molar-refractivity contribution in [1.29, 1.82) is 0 Å². The largest absolute Gasteiger partial charge is 0.481 e. The molecule has 0 fully saturated rings. The third kappa shape index (κ3) is 4.94. The Morgan fingerprint density at radius 2 is 1.88 bits per heavy atom. The van der Waals surface area contributed by atoms with E-state index in [1.54, 1.807) is 0 Å². The molecule has 0 rings (SSSR count). The molecule has 0 saturated heterocycles. The van der Waals surface area contributed by atoms with Crippen LogP contribution >= 0.6 is 0 Å². The van der Waals surface area contributed by atoms with Crippen molar-refractivity contribution >= 4 is 11.9 Å². The zero-order valence-corrected chi connectivity index (χ0v) is 4.00. The van der Waals surface area contributed by atoms with E-state index in [9.17, 15) is 9.59 Å².